The van der Waals surface area contributed by atoms with Gasteiger partial charge in [-0.2, -0.15) is 0 Å². The summed E-state index contributed by atoms with van der Waals surface area (Å²) in [5.74, 6) is 1.16. The lowest BCUT2D eigenvalue weighted by Crippen LogP contribution is -2.10. The van der Waals surface area contributed by atoms with E-state index < -0.39 is 0 Å². The van der Waals surface area contributed by atoms with Gasteiger partial charge < -0.3 is 10.5 Å². The van der Waals surface area contributed by atoms with Gasteiger partial charge in [-0.3, -0.25) is 0 Å². The first-order chi connectivity index (χ1) is 8.97. The van der Waals surface area contributed by atoms with Gasteiger partial charge >= 0.3 is 0 Å². The highest BCUT2D eigenvalue weighted by molar-refractivity contribution is 9.10. The van der Waals surface area contributed by atoms with Crippen LogP contribution in [0, 0.1) is 6.92 Å². The number of nitrogens with two attached hydrogens (primary N) is 1. The van der Waals surface area contributed by atoms with Gasteiger partial charge in [0.2, 0.25) is 0 Å². The van der Waals surface area contributed by atoms with Gasteiger partial charge in [0.05, 0.1) is 10.6 Å². The molecular weight excluding hydrogens is 346 g/mol. The summed E-state index contributed by atoms with van der Waals surface area (Å²) in [6.45, 7) is 1.97. The monoisotopic (exact) mass is 355 g/mol. The van der Waals surface area contributed by atoms with Gasteiger partial charge in [0.15, 0.2) is 0 Å². The zero-order valence-electron chi connectivity index (χ0n) is 10.1. The Morgan fingerprint density at radius 3 is 2.53 bits per heavy atom. The van der Waals surface area contributed by atoms with Gasteiger partial charge in [-0.25, -0.2) is 0 Å². The normalized spacial score (nSPS) is 10.3. The third-order valence-corrected chi connectivity index (χ3v) is 3.52. The SMILES string of the molecule is Cc1ccc(Oc2ccc(Br)cc2C(N)=S)c(Cl)c1. The van der Waals surface area contributed by atoms with E-state index in [-0.39, 0.29) is 4.99 Å². The highest BCUT2D eigenvalue weighted by Gasteiger charge is 2.10. The number of rotatable bonds is 3. The second-order valence-corrected chi connectivity index (χ2v) is 5.80. The molecule has 0 fully saturated rings. The summed E-state index contributed by atoms with van der Waals surface area (Å²) in [6, 6.07) is 11.1. The summed E-state index contributed by atoms with van der Waals surface area (Å²) in [7, 11) is 0. The first kappa shape index (κ1) is 14.3. The van der Waals surface area contributed by atoms with Crippen molar-refractivity contribution in [3.63, 3.8) is 0 Å². The minimum absolute atomic E-state index is 0.277. The fourth-order valence-electron chi connectivity index (χ4n) is 1.59. The molecule has 2 rings (SSSR count). The van der Waals surface area contributed by atoms with Crippen LogP contribution in [-0.4, -0.2) is 4.99 Å². The first-order valence-corrected chi connectivity index (χ1v) is 7.08. The van der Waals surface area contributed by atoms with Crippen LogP contribution in [-0.2, 0) is 0 Å². The van der Waals surface area contributed by atoms with Crippen LogP contribution >= 0.6 is 39.7 Å². The summed E-state index contributed by atoms with van der Waals surface area (Å²) >= 11 is 14.5. The highest BCUT2D eigenvalue weighted by Crippen LogP contribution is 2.33. The minimum Gasteiger partial charge on any atom is -0.455 e. The molecule has 2 nitrogen and oxygen atoms in total. The summed E-state index contributed by atoms with van der Waals surface area (Å²) < 4.78 is 6.68. The van der Waals surface area contributed by atoms with Crippen LogP contribution in [0.2, 0.25) is 5.02 Å². The summed E-state index contributed by atoms with van der Waals surface area (Å²) in [5, 5.41) is 0.553. The van der Waals surface area contributed by atoms with Crippen LogP contribution in [0.4, 0.5) is 0 Å². The van der Waals surface area contributed by atoms with Gasteiger partial charge in [0, 0.05) is 4.47 Å². The maximum absolute atomic E-state index is 6.14. The van der Waals surface area contributed by atoms with Crippen molar-refractivity contribution >= 4 is 44.7 Å². The summed E-state index contributed by atoms with van der Waals surface area (Å²) in [4.78, 5) is 0.277. The molecule has 0 aliphatic carbocycles. The molecule has 2 aromatic carbocycles. The van der Waals surface area contributed by atoms with Crippen molar-refractivity contribution in [3.8, 4) is 11.5 Å². The van der Waals surface area contributed by atoms with E-state index in [4.69, 9.17) is 34.3 Å². The number of hydrogen-bond acceptors (Lipinski definition) is 2. The molecule has 0 radical (unpaired) electrons. The van der Waals surface area contributed by atoms with Gasteiger partial charge in [-0.1, -0.05) is 45.8 Å². The van der Waals surface area contributed by atoms with Crippen molar-refractivity contribution in [1.82, 2.24) is 0 Å². The van der Waals surface area contributed by atoms with Crippen molar-refractivity contribution in [2.24, 2.45) is 5.73 Å². The molecule has 98 valence electrons. The van der Waals surface area contributed by atoms with Crippen LogP contribution in [0.15, 0.2) is 40.9 Å². The van der Waals surface area contributed by atoms with Gasteiger partial charge in [0.1, 0.15) is 16.5 Å². The van der Waals surface area contributed by atoms with E-state index in [9.17, 15) is 0 Å². The van der Waals surface area contributed by atoms with Crippen LogP contribution in [0.3, 0.4) is 0 Å². The Morgan fingerprint density at radius 2 is 1.89 bits per heavy atom. The summed E-state index contributed by atoms with van der Waals surface area (Å²) in [5.41, 5.74) is 7.44. The zero-order chi connectivity index (χ0) is 14.0. The molecule has 0 aliphatic rings. The van der Waals surface area contributed by atoms with Crippen LogP contribution < -0.4 is 10.5 Å². The fourth-order valence-corrected chi connectivity index (χ4v) is 2.39. The third-order valence-electron chi connectivity index (χ3n) is 2.51. The van der Waals surface area contributed by atoms with Crippen molar-refractivity contribution in [1.29, 1.82) is 0 Å². The molecule has 0 saturated carbocycles. The number of benzene rings is 2. The molecule has 0 atom stereocenters. The van der Waals surface area contributed by atoms with E-state index in [2.05, 4.69) is 15.9 Å². The second kappa shape index (κ2) is 5.90. The molecule has 0 unspecified atom stereocenters. The van der Waals surface area contributed by atoms with Crippen LogP contribution in [0.5, 0.6) is 11.5 Å². The Labute approximate surface area is 130 Å². The largest absolute Gasteiger partial charge is 0.455 e. The Balaban J connectivity index is 2.40. The topological polar surface area (TPSA) is 35.2 Å². The maximum atomic E-state index is 6.14. The average molecular weight is 357 g/mol. The van der Waals surface area contributed by atoms with Crippen molar-refractivity contribution in [2.75, 3.05) is 0 Å². The lowest BCUT2D eigenvalue weighted by molar-refractivity contribution is 0.482. The van der Waals surface area contributed by atoms with E-state index in [0.29, 0.717) is 22.1 Å². The smallest absolute Gasteiger partial charge is 0.146 e. The highest BCUT2D eigenvalue weighted by atomic mass is 79.9. The van der Waals surface area contributed by atoms with Gasteiger partial charge in [0.25, 0.3) is 0 Å². The summed E-state index contributed by atoms with van der Waals surface area (Å²) in [6.07, 6.45) is 0. The molecular formula is C14H11BrClNOS. The Hall–Kier alpha value is -1.10. The van der Waals surface area contributed by atoms with E-state index in [0.717, 1.165) is 10.0 Å². The van der Waals surface area contributed by atoms with E-state index in [1.807, 2.05) is 37.3 Å². The molecule has 0 spiro atoms. The fraction of sp³-hybridized carbons (Fsp3) is 0.0714. The van der Waals surface area contributed by atoms with E-state index >= 15 is 0 Å². The molecule has 0 bridgehead atoms. The number of hydrogen-bond donors (Lipinski definition) is 1. The number of halogens is 2. The molecule has 19 heavy (non-hydrogen) atoms. The molecule has 5 heteroatoms. The number of thiocarbonyl (C=S) groups is 1. The molecule has 0 amide bonds. The zero-order valence-corrected chi connectivity index (χ0v) is 13.3. The average Bonchev–Trinajstić information content (AvgIpc) is 2.34. The van der Waals surface area contributed by atoms with E-state index in [1.165, 1.54) is 0 Å². The minimum atomic E-state index is 0.277. The van der Waals surface area contributed by atoms with Crippen LogP contribution in [0.25, 0.3) is 0 Å². The van der Waals surface area contributed by atoms with Crippen molar-refractivity contribution in [2.45, 2.75) is 6.92 Å². The molecule has 0 saturated heterocycles. The molecule has 0 aliphatic heterocycles. The standard InChI is InChI=1S/C14H11BrClNOS/c1-8-2-4-13(11(16)6-8)18-12-5-3-9(15)7-10(12)14(17)19/h2-7H,1H3,(H2,17,19). The molecule has 2 aromatic rings. The lowest BCUT2D eigenvalue weighted by atomic mass is 10.2. The third kappa shape index (κ3) is 3.47. The lowest BCUT2D eigenvalue weighted by Gasteiger charge is -2.12. The quantitative estimate of drug-likeness (QED) is 0.799. The first-order valence-electron chi connectivity index (χ1n) is 5.51. The Morgan fingerprint density at radius 1 is 1.21 bits per heavy atom. The number of aryl methyl sites for hydroxylation is 1. The van der Waals surface area contributed by atoms with Crippen molar-refractivity contribution < 1.29 is 4.74 Å². The van der Waals surface area contributed by atoms with E-state index in [1.54, 1.807) is 6.07 Å². The van der Waals surface area contributed by atoms with Gasteiger partial charge in [-0.05, 0) is 42.8 Å². The molecule has 2 N–H and O–H groups in total. The second-order valence-electron chi connectivity index (χ2n) is 4.04. The maximum Gasteiger partial charge on any atom is 0.146 e. The molecule has 0 aromatic heterocycles. The van der Waals surface area contributed by atoms with Crippen molar-refractivity contribution in [3.05, 3.63) is 57.0 Å². The number of ether oxygens (including phenoxy) is 1. The Kier molecular flexibility index (Phi) is 4.45. The van der Waals surface area contributed by atoms with Gasteiger partial charge in [-0.15, -0.1) is 0 Å². The predicted octanol–water partition coefficient (Wildman–Crippen LogP) is 4.84. The van der Waals surface area contributed by atoms with Crippen LogP contribution in [0.1, 0.15) is 11.1 Å². The predicted molar refractivity (Wildman–Crippen MR) is 86.3 cm³/mol. The molecule has 0 heterocycles. The Bertz CT molecular complexity index is 645.